The molecule has 48 heavy (non-hydrogen) atoms. The molecule has 0 aliphatic carbocycles. The number of nitrogens with zero attached hydrogens (tertiary/aromatic N) is 5. The van der Waals surface area contributed by atoms with Crippen LogP contribution in [0.2, 0.25) is 10.2 Å². The molecule has 13 heteroatoms. The lowest BCUT2D eigenvalue weighted by atomic mass is 9.91. The summed E-state index contributed by atoms with van der Waals surface area (Å²) in [6.45, 7) is 8.84. The number of aliphatic hydroxyl groups is 1. The van der Waals surface area contributed by atoms with E-state index in [1.807, 2.05) is 52.0 Å². The van der Waals surface area contributed by atoms with E-state index >= 15 is 0 Å². The maximum Gasteiger partial charge on any atom is 0.410 e. The number of ether oxygens (including phenoxy) is 2. The molecule has 2 fully saturated rings. The molecule has 2 aromatic heterocycles. The second-order valence-electron chi connectivity index (χ2n) is 13.6. The Balaban J connectivity index is 1.19. The molecule has 0 bridgehead atoms. The van der Waals surface area contributed by atoms with E-state index in [1.54, 1.807) is 44.7 Å². The van der Waals surface area contributed by atoms with Gasteiger partial charge in [0.15, 0.2) is 5.65 Å². The van der Waals surface area contributed by atoms with Gasteiger partial charge in [0, 0.05) is 18.8 Å². The second kappa shape index (κ2) is 13.2. The van der Waals surface area contributed by atoms with E-state index in [9.17, 15) is 19.5 Å². The number of rotatable bonds is 5. The molecule has 4 heterocycles. The Bertz CT molecular complexity index is 1890. The molecule has 2 aliphatic rings. The number of aromatic nitrogens is 3. The molecular weight excluding hydrogens is 657 g/mol. The Morgan fingerprint density at radius 1 is 1.08 bits per heavy atom. The third-order valence-corrected chi connectivity index (χ3v) is 9.43. The average Bonchev–Trinajstić information content (AvgIpc) is 3.38. The minimum Gasteiger partial charge on any atom is -0.444 e. The third kappa shape index (κ3) is 6.96. The van der Waals surface area contributed by atoms with E-state index in [2.05, 4.69) is 4.98 Å². The van der Waals surface area contributed by atoms with Crippen LogP contribution in [0.4, 0.5) is 4.79 Å². The fraction of sp³-hybridized carbons (Fsp3) is 0.429. The standard InChI is InChI=1S/C35H39Cl2N5O6/c1-22-18-41(33(45)48-34(2,3)4)28(19-47-22)23-9-11-24(12-10-23)42-29(37)17-26-30(42)38-21-40(32(26)44)20-35(46)13-15-39(16-14-35)31(43)25-7-5-6-8-27(25)36/h5-12,17,21-22,28,46H,13-16,18-20H2,1-4H3/t22-,28-/m0/s1. The van der Waals surface area contributed by atoms with Crippen molar-refractivity contribution in [2.24, 2.45) is 0 Å². The fourth-order valence-electron chi connectivity index (χ4n) is 6.30. The molecule has 2 saturated heterocycles. The highest BCUT2D eigenvalue weighted by atomic mass is 35.5. The highest BCUT2D eigenvalue weighted by Gasteiger charge is 2.36. The number of carbonyl (C=O) groups excluding carboxylic acids is 2. The maximum absolute atomic E-state index is 13.6. The summed E-state index contributed by atoms with van der Waals surface area (Å²) in [6.07, 6.45) is 1.48. The van der Waals surface area contributed by atoms with Crippen molar-refractivity contribution < 1.29 is 24.2 Å². The van der Waals surface area contributed by atoms with E-state index in [-0.39, 0.29) is 43.0 Å². The summed E-state index contributed by atoms with van der Waals surface area (Å²) < 4.78 is 14.6. The number of hydrogen-bond donors (Lipinski definition) is 1. The molecule has 0 spiro atoms. The second-order valence-corrected chi connectivity index (χ2v) is 14.4. The van der Waals surface area contributed by atoms with Crippen molar-refractivity contribution in [1.82, 2.24) is 23.9 Å². The average molecular weight is 697 g/mol. The molecule has 6 rings (SSSR count). The SMILES string of the molecule is C[C@H]1CN(C(=O)OC(C)(C)C)[C@H](c2ccc(-n3c(Cl)cc4c(=O)n(CC5(O)CCN(C(=O)c6ccccc6Cl)CC5)cnc43)cc2)CO1. The van der Waals surface area contributed by atoms with Crippen LogP contribution in [0.3, 0.4) is 0 Å². The van der Waals surface area contributed by atoms with E-state index in [0.29, 0.717) is 58.7 Å². The van der Waals surface area contributed by atoms with Crippen molar-refractivity contribution in [2.75, 3.05) is 26.2 Å². The van der Waals surface area contributed by atoms with Crippen molar-refractivity contribution in [2.45, 2.75) is 70.4 Å². The highest BCUT2D eigenvalue weighted by Crippen LogP contribution is 2.31. The largest absolute Gasteiger partial charge is 0.444 e. The lowest BCUT2D eigenvalue weighted by molar-refractivity contribution is -0.0644. The summed E-state index contributed by atoms with van der Waals surface area (Å²) in [5, 5.41) is 12.4. The lowest BCUT2D eigenvalue weighted by Gasteiger charge is -2.39. The first-order valence-electron chi connectivity index (χ1n) is 16.0. The van der Waals surface area contributed by atoms with Gasteiger partial charge < -0.3 is 19.5 Å². The third-order valence-electron chi connectivity index (χ3n) is 8.82. The highest BCUT2D eigenvalue weighted by molar-refractivity contribution is 6.33. The topological polar surface area (TPSA) is 119 Å². The van der Waals surface area contributed by atoms with E-state index < -0.39 is 17.3 Å². The van der Waals surface area contributed by atoms with Crippen LogP contribution in [0.25, 0.3) is 16.7 Å². The minimum atomic E-state index is -1.20. The van der Waals surface area contributed by atoms with Crippen LogP contribution in [0, 0.1) is 0 Å². The molecule has 0 radical (unpaired) electrons. The van der Waals surface area contributed by atoms with E-state index in [0.717, 1.165) is 5.56 Å². The van der Waals surface area contributed by atoms with Crippen LogP contribution in [-0.4, -0.2) is 84.6 Å². The lowest BCUT2D eigenvalue weighted by Crippen LogP contribution is -2.49. The number of piperidine rings is 1. The summed E-state index contributed by atoms with van der Waals surface area (Å²) >= 11 is 12.9. The molecule has 2 amide bonds. The summed E-state index contributed by atoms with van der Waals surface area (Å²) in [5.41, 5.74) is 0.198. The summed E-state index contributed by atoms with van der Waals surface area (Å²) in [4.78, 5) is 47.6. The molecule has 0 saturated carbocycles. The van der Waals surface area contributed by atoms with Crippen LogP contribution in [0.15, 0.2) is 65.7 Å². The van der Waals surface area contributed by atoms with Gasteiger partial charge in [-0.25, -0.2) is 9.78 Å². The maximum atomic E-state index is 13.6. The van der Waals surface area contributed by atoms with E-state index in [1.165, 1.54) is 10.9 Å². The van der Waals surface area contributed by atoms with Crippen molar-refractivity contribution in [1.29, 1.82) is 0 Å². The molecule has 2 aromatic carbocycles. The Kier molecular flexibility index (Phi) is 9.34. The number of hydrogen-bond acceptors (Lipinski definition) is 7. The van der Waals surface area contributed by atoms with Gasteiger partial charge in [0.05, 0.1) is 53.4 Å². The molecule has 2 atom stereocenters. The van der Waals surface area contributed by atoms with Gasteiger partial charge >= 0.3 is 6.09 Å². The zero-order chi connectivity index (χ0) is 34.4. The Morgan fingerprint density at radius 3 is 2.44 bits per heavy atom. The Morgan fingerprint density at radius 2 is 1.77 bits per heavy atom. The van der Waals surface area contributed by atoms with E-state index in [4.69, 9.17) is 32.7 Å². The molecule has 254 valence electrons. The predicted molar refractivity (Wildman–Crippen MR) is 183 cm³/mol. The first kappa shape index (κ1) is 34.0. The fourth-order valence-corrected chi connectivity index (χ4v) is 6.80. The van der Waals surface area contributed by atoms with Gasteiger partial charge in [-0.2, -0.15) is 0 Å². The smallest absolute Gasteiger partial charge is 0.410 e. The molecule has 0 unspecified atom stereocenters. The molecule has 11 nitrogen and oxygen atoms in total. The number of benzene rings is 2. The van der Waals surface area contributed by atoms with Crippen LogP contribution >= 0.6 is 23.2 Å². The summed E-state index contributed by atoms with van der Waals surface area (Å²) in [7, 11) is 0. The minimum absolute atomic E-state index is 0.0244. The Hall–Kier alpha value is -3.90. The summed E-state index contributed by atoms with van der Waals surface area (Å²) in [6, 6.07) is 15.7. The van der Waals surface area contributed by atoms with Crippen LogP contribution < -0.4 is 5.56 Å². The molecule has 2 aliphatic heterocycles. The van der Waals surface area contributed by atoms with Gasteiger partial charge in [-0.05, 0) is 76.4 Å². The number of carbonyl (C=O) groups is 2. The first-order chi connectivity index (χ1) is 22.7. The molecule has 4 aromatic rings. The summed E-state index contributed by atoms with van der Waals surface area (Å²) in [5.74, 6) is -0.186. The zero-order valence-electron chi connectivity index (χ0n) is 27.4. The molecule has 1 N–H and O–H groups in total. The normalized spacial score (nSPS) is 19.8. The number of halogens is 2. The van der Waals surface area contributed by atoms with Gasteiger partial charge in [-0.15, -0.1) is 0 Å². The van der Waals surface area contributed by atoms with Crippen molar-refractivity contribution in [3.05, 3.63) is 92.6 Å². The van der Waals surface area contributed by atoms with Crippen LogP contribution in [-0.2, 0) is 16.0 Å². The zero-order valence-corrected chi connectivity index (χ0v) is 28.9. The first-order valence-corrected chi connectivity index (χ1v) is 16.7. The van der Waals surface area contributed by atoms with Crippen LogP contribution in [0.5, 0.6) is 0 Å². The van der Waals surface area contributed by atoms with Gasteiger partial charge in [0.1, 0.15) is 17.1 Å². The Labute approximate surface area is 288 Å². The monoisotopic (exact) mass is 695 g/mol. The van der Waals surface area contributed by atoms with Crippen molar-refractivity contribution >= 4 is 46.2 Å². The number of likely N-dealkylation sites (tertiary alicyclic amines) is 1. The van der Waals surface area contributed by atoms with Crippen molar-refractivity contribution in [3.63, 3.8) is 0 Å². The van der Waals surface area contributed by atoms with Gasteiger partial charge in [-0.1, -0.05) is 47.5 Å². The molecular formula is C35H39Cl2N5O6. The van der Waals surface area contributed by atoms with Gasteiger partial charge in [-0.3, -0.25) is 23.6 Å². The number of morpholine rings is 1. The number of fused-ring (bicyclic) bond motifs is 1. The van der Waals surface area contributed by atoms with Crippen LogP contribution in [0.1, 0.15) is 62.5 Å². The quantitative estimate of drug-likeness (QED) is 0.278. The van der Waals surface area contributed by atoms with Gasteiger partial charge in [0.2, 0.25) is 0 Å². The number of amides is 2. The van der Waals surface area contributed by atoms with Crippen molar-refractivity contribution in [3.8, 4) is 5.69 Å². The van der Waals surface area contributed by atoms with Gasteiger partial charge in [0.25, 0.3) is 11.5 Å². The predicted octanol–water partition coefficient (Wildman–Crippen LogP) is 5.86.